The number of esters is 1. The summed E-state index contributed by atoms with van der Waals surface area (Å²) in [5.41, 5.74) is -2.92. The van der Waals surface area contributed by atoms with Crippen molar-refractivity contribution in [1.82, 2.24) is 0 Å². The van der Waals surface area contributed by atoms with Gasteiger partial charge in [-0.25, -0.2) is 4.79 Å². The molecule has 8 N–H and O–H groups in total. The number of hydrogen-bond acceptors (Lipinski definition) is 10. The number of rotatable bonds is 11. The summed E-state index contributed by atoms with van der Waals surface area (Å²) >= 11 is 0. The monoisotopic (exact) mass is 380 g/mol. The maximum atomic E-state index is 11.4. The van der Waals surface area contributed by atoms with Gasteiger partial charge in [-0.1, -0.05) is 0 Å². The fourth-order valence-electron chi connectivity index (χ4n) is 1.59. The van der Waals surface area contributed by atoms with Gasteiger partial charge < -0.3 is 45.6 Å². The van der Waals surface area contributed by atoms with Gasteiger partial charge in [-0.05, 0) is 0 Å². The molecule has 0 aromatic rings. The topological polar surface area (TPSA) is 222 Å². The Hall–Kier alpha value is -0.830. The Morgan fingerprint density at radius 1 is 0.920 bits per heavy atom. The second kappa shape index (κ2) is 11.7. The first-order chi connectivity index (χ1) is 10.9. The van der Waals surface area contributed by atoms with Crippen LogP contribution in [-0.4, -0.2) is 132 Å². The molecule has 5 atom stereocenters. The van der Waals surface area contributed by atoms with Gasteiger partial charge in [0.1, 0.15) is 31.0 Å². The van der Waals surface area contributed by atoms with Crippen molar-refractivity contribution in [3.8, 4) is 0 Å². The number of hydrogen-bond donors (Lipinski definition) is 8. The zero-order chi connectivity index (χ0) is 19.1. The summed E-state index contributed by atoms with van der Waals surface area (Å²) in [6.07, 6.45) is -10.1. The number of carbonyl (C=O) groups is 3. The van der Waals surface area contributed by atoms with Gasteiger partial charge in [0.2, 0.25) is 0 Å². The van der Waals surface area contributed by atoms with Crippen molar-refractivity contribution in [2.45, 2.75) is 42.9 Å². The van der Waals surface area contributed by atoms with Crippen molar-refractivity contribution < 1.29 is 60.0 Å². The van der Waals surface area contributed by atoms with Crippen molar-refractivity contribution in [2.75, 3.05) is 13.2 Å². The standard InChI is InChI=1S/C12H20O12.Na.H/c13-3-5(14)9(19)10(20)6(15)4-24-8(18)2-12(23,11(21)22)1-7(16)17;;/h5-6,9-10,13-15,19-20,23H,1-4H2,(H,16,17)(H,21,22);;/t5-,6+,9-,10-,12?;;/m1../s1. The summed E-state index contributed by atoms with van der Waals surface area (Å²) in [5.74, 6) is -5.03. The Balaban J connectivity index is 0. The van der Waals surface area contributed by atoms with Gasteiger partial charge in [0, 0.05) is 0 Å². The van der Waals surface area contributed by atoms with Crippen LogP contribution in [0.25, 0.3) is 0 Å². The summed E-state index contributed by atoms with van der Waals surface area (Å²) in [4.78, 5) is 32.8. The third kappa shape index (κ3) is 8.89. The van der Waals surface area contributed by atoms with Crippen LogP contribution in [0.2, 0.25) is 0 Å². The van der Waals surface area contributed by atoms with Gasteiger partial charge in [-0.15, -0.1) is 0 Å². The summed E-state index contributed by atoms with van der Waals surface area (Å²) in [7, 11) is 0. The normalized spacial score (nSPS) is 18.0. The van der Waals surface area contributed by atoms with Crippen LogP contribution in [0.5, 0.6) is 0 Å². The van der Waals surface area contributed by atoms with Crippen LogP contribution < -0.4 is 0 Å². The molecule has 0 saturated carbocycles. The molecule has 0 rings (SSSR count). The molecule has 142 valence electrons. The minimum absolute atomic E-state index is 0. The third-order valence-electron chi connectivity index (χ3n) is 3.02. The van der Waals surface area contributed by atoms with E-state index < -0.39 is 74.0 Å². The van der Waals surface area contributed by atoms with E-state index in [4.69, 9.17) is 20.4 Å². The zero-order valence-electron chi connectivity index (χ0n) is 12.3. The Labute approximate surface area is 163 Å². The molecule has 0 aliphatic heterocycles. The summed E-state index contributed by atoms with van der Waals surface area (Å²) in [6.45, 7) is -1.86. The Bertz CT molecular complexity index is 457. The maximum absolute atomic E-state index is 11.4. The SMILES string of the molecule is O=C(O)CC(O)(CC(=O)OC[C@H](O)[C@@H](O)[C@H](O)[C@H](O)CO)C(=O)O.[NaH]. The van der Waals surface area contributed by atoms with Crippen molar-refractivity contribution in [3.63, 3.8) is 0 Å². The first kappa shape index (κ1) is 26.4. The van der Waals surface area contributed by atoms with Gasteiger partial charge in [0.15, 0.2) is 5.60 Å². The molecule has 0 aromatic heterocycles. The van der Waals surface area contributed by atoms with E-state index in [0.717, 1.165) is 0 Å². The van der Waals surface area contributed by atoms with E-state index >= 15 is 0 Å². The van der Waals surface area contributed by atoms with E-state index in [2.05, 4.69) is 4.74 Å². The second-order valence-corrected chi connectivity index (χ2v) is 5.07. The molecule has 0 heterocycles. The van der Waals surface area contributed by atoms with E-state index in [1.54, 1.807) is 0 Å². The molecule has 1 unspecified atom stereocenters. The number of ether oxygens (including phenoxy) is 1. The van der Waals surface area contributed by atoms with Crippen molar-refractivity contribution in [3.05, 3.63) is 0 Å². The Kier molecular flexibility index (Phi) is 12.4. The van der Waals surface area contributed by atoms with Crippen molar-refractivity contribution >= 4 is 47.5 Å². The first-order valence-corrected chi connectivity index (χ1v) is 6.61. The van der Waals surface area contributed by atoms with E-state index in [0.29, 0.717) is 0 Å². The third-order valence-corrected chi connectivity index (χ3v) is 3.02. The number of carboxylic acids is 2. The number of aliphatic hydroxyl groups excluding tert-OH is 5. The molecular weight excluding hydrogens is 359 g/mol. The van der Waals surface area contributed by atoms with Crippen LogP contribution >= 0.6 is 0 Å². The van der Waals surface area contributed by atoms with Crippen molar-refractivity contribution in [2.24, 2.45) is 0 Å². The average molecular weight is 380 g/mol. The number of carboxylic acid groups (broad SMARTS) is 2. The van der Waals surface area contributed by atoms with Crippen LogP contribution in [-0.2, 0) is 19.1 Å². The summed E-state index contributed by atoms with van der Waals surface area (Å²) in [5, 5.41) is 72.8. The molecule has 0 spiro atoms. The van der Waals surface area contributed by atoms with Crippen molar-refractivity contribution in [1.29, 1.82) is 0 Å². The van der Waals surface area contributed by atoms with Gasteiger partial charge in [-0.3, -0.25) is 9.59 Å². The van der Waals surface area contributed by atoms with Crippen LogP contribution in [0.1, 0.15) is 12.8 Å². The molecular formula is C12H21NaO12. The van der Waals surface area contributed by atoms with E-state index in [1.165, 1.54) is 0 Å². The molecule has 0 aromatic carbocycles. The van der Waals surface area contributed by atoms with Gasteiger partial charge in [0.25, 0.3) is 0 Å². The van der Waals surface area contributed by atoms with Crippen LogP contribution in [0.3, 0.4) is 0 Å². The average Bonchev–Trinajstić information content (AvgIpc) is 2.49. The molecule has 0 aliphatic carbocycles. The molecule has 0 amide bonds. The molecule has 0 saturated heterocycles. The molecule has 0 radical (unpaired) electrons. The van der Waals surface area contributed by atoms with Crippen LogP contribution in [0.4, 0.5) is 0 Å². The van der Waals surface area contributed by atoms with E-state index in [9.17, 15) is 34.8 Å². The molecule has 12 nitrogen and oxygen atoms in total. The fraction of sp³-hybridized carbons (Fsp3) is 0.750. The number of aliphatic hydroxyl groups is 6. The first-order valence-electron chi connectivity index (χ1n) is 6.61. The van der Waals surface area contributed by atoms with Crippen LogP contribution in [0.15, 0.2) is 0 Å². The minimum atomic E-state index is -2.92. The second-order valence-electron chi connectivity index (χ2n) is 5.07. The van der Waals surface area contributed by atoms with Gasteiger partial charge in [-0.2, -0.15) is 0 Å². The number of carbonyl (C=O) groups excluding carboxylic acids is 1. The van der Waals surface area contributed by atoms with Gasteiger partial charge >= 0.3 is 47.5 Å². The van der Waals surface area contributed by atoms with Crippen LogP contribution in [0, 0.1) is 0 Å². The molecule has 0 fully saturated rings. The fourth-order valence-corrected chi connectivity index (χ4v) is 1.59. The van der Waals surface area contributed by atoms with E-state index in [-0.39, 0.29) is 29.6 Å². The predicted molar refractivity (Wildman–Crippen MR) is 78.7 cm³/mol. The molecule has 13 heteroatoms. The zero-order valence-corrected chi connectivity index (χ0v) is 12.3. The molecule has 0 bridgehead atoms. The molecule has 25 heavy (non-hydrogen) atoms. The number of aliphatic carboxylic acids is 2. The predicted octanol–water partition coefficient (Wildman–Crippen LogP) is -5.00. The quantitative estimate of drug-likeness (QED) is 0.125. The Morgan fingerprint density at radius 2 is 1.40 bits per heavy atom. The Morgan fingerprint density at radius 3 is 1.80 bits per heavy atom. The summed E-state index contributed by atoms with van der Waals surface area (Å²) in [6, 6.07) is 0. The summed E-state index contributed by atoms with van der Waals surface area (Å²) < 4.78 is 4.40. The van der Waals surface area contributed by atoms with E-state index in [1.807, 2.05) is 0 Å². The molecule has 0 aliphatic rings. The van der Waals surface area contributed by atoms with Gasteiger partial charge in [0.05, 0.1) is 19.4 Å².